The third-order valence-corrected chi connectivity index (χ3v) is 5.29. The predicted octanol–water partition coefficient (Wildman–Crippen LogP) is 2.70. The molecule has 0 radical (unpaired) electrons. The molecular formula is C13H19Cl2N3OS. The number of thioether (sulfide) groups is 1. The molecule has 3 N–H and O–H groups in total. The lowest BCUT2D eigenvalue weighted by atomic mass is 9.95. The van der Waals surface area contributed by atoms with Gasteiger partial charge < -0.3 is 15.6 Å². The summed E-state index contributed by atoms with van der Waals surface area (Å²) in [4.78, 5) is 15.3. The van der Waals surface area contributed by atoms with Gasteiger partial charge in [0.2, 0.25) is 0 Å². The van der Waals surface area contributed by atoms with E-state index in [0.29, 0.717) is 27.4 Å². The average molecular weight is 336 g/mol. The van der Waals surface area contributed by atoms with Crippen molar-refractivity contribution in [3.8, 4) is 0 Å². The van der Waals surface area contributed by atoms with Gasteiger partial charge in [-0.05, 0) is 31.9 Å². The van der Waals surface area contributed by atoms with Gasteiger partial charge in [0, 0.05) is 24.2 Å². The Morgan fingerprint density at radius 1 is 1.45 bits per heavy atom. The number of carbonyl (C=O) groups excluding carboxylic acids is 1. The monoisotopic (exact) mass is 335 g/mol. The van der Waals surface area contributed by atoms with Crippen LogP contribution < -0.4 is 10.6 Å². The standard InChI is InChI=1S/C13H19Cl2N3OS/c1-7-10(14)11(15)12(17-7)13(19)18-9-3-4-16-5-8(9)6-20-2/h8-9,16-17H,3-6H2,1-2H3,(H,18,19)/t8-,9-/m1/s1. The quantitative estimate of drug-likeness (QED) is 0.792. The van der Waals surface area contributed by atoms with Crippen molar-refractivity contribution in [1.82, 2.24) is 15.6 Å². The van der Waals surface area contributed by atoms with Gasteiger partial charge in [0.15, 0.2) is 0 Å². The molecule has 0 aliphatic carbocycles. The van der Waals surface area contributed by atoms with E-state index in [4.69, 9.17) is 23.2 Å². The summed E-state index contributed by atoms with van der Waals surface area (Å²) in [5.74, 6) is 1.28. The minimum Gasteiger partial charge on any atom is -0.352 e. The lowest BCUT2D eigenvalue weighted by Crippen LogP contribution is -2.50. The predicted molar refractivity (Wildman–Crippen MR) is 86.2 cm³/mol. The molecule has 1 aromatic heterocycles. The fourth-order valence-electron chi connectivity index (χ4n) is 2.47. The van der Waals surface area contributed by atoms with Crippen LogP contribution in [-0.4, -0.2) is 42.0 Å². The van der Waals surface area contributed by atoms with Crippen molar-refractivity contribution in [2.24, 2.45) is 5.92 Å². The van der Waals surface area contributed by atoms with Crippen molar-refractivity contribution in [3.63, 3.8) is 0 Å². The molecular weight excluding hydrogens is 317 g/mol. The van der Waals surface area contributed by atoms with E-state index in [2.05, 4.69) is 21.9 Å². The maximum atomic E-state index is 12.3. The van der Waals surface area contributed by atoms with Gasteiger partial charge in [-0.2, -0.15) is 11.8 Å². The number of aromatic nitrogens is 1. The fraction of sp³-hybridized carbons (Fsp3) is 0.615. The minimum absolute atomic E-state index is 0.176. The first kappa shape index (κ1) is 16.0. The lowest BCUT2D eigenvalue weighted by Gasteiger charge is -2.32. The molecule has 1 fully saturated rings. The second-order valence-corrected chi connectivity index (χ2v) is 6.71. The van der Waals surface area contributed by atoms with Crippen LogP contribution in [-0.2, 0) is 0 Å². The van der Waals surface area contributed by atoms with Crippen molar-refractivity contribution >= 4 is 40.9 Å². The van der Waals surface area contributed by atoms with E-state index in [1.807, 2.05) is 0 Å². The van der Waals surface area contributed by atoms with Gasteiger partial charge >= 0.3 is 0 Å². The summed E-state index contributed by atoms with van der Waals surface area (Å²) in [6.07, 6.45) is 3.01. The number of hydrogen-bond donors (Lipinski definition) is 3. The van der Waals surface area contributed by atoms with Crippen LogP contribution in [0.1, 0.15) is 22.6 Å². The number of hydrogen-bond acceptors (Lipinski definition) is 3. The summed E-state index contributed by atoms with van der Waals surface area (Å²) < 4.78 is 0. The Morgan fingerprint density at radius 3 is 2.80 bits per heavy atom. The van der Waals surface area contributed by atoms with Crippen molar-refractivity contribution in [2.75, 3.05) is 25.1 Å². The molecule has 0 aromatic carbocycles. The second-order valence-electron chi connectivity index (χ2n) is 5.04. The first-order valence-electron chi connectivity index (χ1n) is 6.58. The van der Waals surface area contributed by atoms with Gasteiger partial charge in [-0.1, -0.05) is 23.2 Å². The lowest BCUT2D eigenvalue weighted by molar-refractivity contribution is 0.0910. The first-order valence-corrected chi connectivity index (χ1v) is 8.73. The maximum absolute atomic E-state index is 12.3. The van der Waals surface area contributed by atoms with E-state index in [1.165, 1.54) is 0 Å². The van der Waals surface area contributed by atoms with E-state index in [9.17, 15) is 4.79 Å². The maximum Gasteiger partial charge on any atom is 0.269 e. The molecule has 20 heavy (non-hydrogen) atoms. The Labute approximate surface area is 133 Å². The molecule has 2 rings (SSSR count). The molecule has 4 nitrogen and oxygen atoms in total. The summed E-state index contributed by atoms with van der Waals surface area (Å²) in [6.45, 7) is 3.66. The zero-order valence-corrected chi connectivity index (χ0v) is 13.9. The number of rotatable bonds is 4. The summed E-state index contributed by atoms with van der Waals surface area (Å²) in [6, 6.07) is 0.176. The molecule has 112 valence electrons. The molecule has 1 amide bonds. The van der Waals surface area contributed by atoms with Crippen LogP contribution in [0.25, 0.3) is 0 Å². The van der Waals surface area contributed by atoms with Crippen LogP contribution in [0.5, 0.6) is 0 Å². The first-order chi connectivity index (χ1) is 9.54. The number of carbonyl (C=O) groups is 1. The van der Waals surface area contributed by atoms with E-state index >= 15 is 0 Å². The molecule has 1 aromatic rings. The van der Waals surface area contributed by atoms with Gasteiger partial charge in [-0.15, -0.1) is 0 Å². The Bertz CT molecular complexity index is 490. The Morgan fingerprint density at radius 2 is 2.20 bits per heavy atom. The minimum atomic E-state index is -0.178. The van der Waals surface area contributed by atoms with Crippen LogP contribution in [0, 0.1) is 12.8 Å². The van der Waals surface area contributed by atoms with E-state index in [1.54, 1.807) is 18.7 Å². The summed E-state index contributed by atoms with van der Waals surface area (Å²) >= 11 is 13.9. The summed E-state index contributed by atoms with van der Waals surface area (Å²) in [7, 11) is 0. The van der Waals surface area contributed by atoms with Crippen molar-refractivity contribution in [3.05, 3.63) is 21.4 Å². The third-order valence-electron chi connectivity index (χ3n) is 3.59. The number of amides is 1. The van der Waals surface area contributed by atoms with E-state index in [-0.39, 0.29) is 11.9 Å². The van der Waals surface area contributed by atoms with Gasteiger partial charge in [0.05, 0.1) is 10.0 Å². The van der Waals surface area contributed by atoms with Crippen LogP contribution in [0.15, 0.2) is 0 Å². The van der Waals surface area contributed by atoms with Crippen LogP contribution in [0.4, 0.5) is 0 Å². The summed E-state index contributed by atoms with van der Waals surface area (Å²) in [5.41, 5.74) is 1.07. The Kier molecular flexibility index (Phi) is 5.66. The molecule has 0 unspecified atom stereocenters. The van der Waals surface area contributed by atoms with Crippen LogP contribution in [0.3, 0.4) is 0 Å². The molecule has 7 heteroatoms. The largest absolute Gasteiger partial charge is 0.352 e. The number of aryl methyl sites for hydroxylation is 1. The number of piperidine rings is 1. The molecule has 0 saturated carbocycles. The summed E-state index contributed by atoms with van der Waals surface area (Å²) in [5, 5.41) is 7.17. The van der Waals surface area contributed by atoms with E-state index < -0.39 is 0 Å². The molecule has 0 bridgehead atoms. The van der Waals surface area contributed by atoms with Crippen LogP contribution >= 0.6 is 35.0 Å². The molecule has 0 spiro atoms. The number of aromatic amines is 1. The number of H-pyrrole nitrogens is 1. The van der Waals surface area contributed by atoms with Crippen LogP contribution in [0.2, 0.25) is 10.0 Å². The highest BCUT2D eigenvalue weighted by Crippen LogP contribution is 2.29. The highest BCUT2D eigenvalue weighted by atomic mass is 35.5. The zero-order chi connectivity index (χ0) is 14.7. The third kappa shape index (κ3) is 3.45. The SMILES string of the molecule is CSC[C@H]1CNCC[C@H]1NC(=O)c1[nH]c(C)c(Cl)c1Cl. The van der Waals surface area contributed by atoms with Gasteiger partial charge in [0.25, 0.3) is 5.91 Å². The number of nitrogens with one attached hydrogen (secondary N) is 3. The zero-order valence-electron chi connectivity index (χ0n) is 11.6. The normalized spacial score (nSPS) is 22.8. The van der Waals surface area contributed by atoms with Crippen molar-refractivity contribution < 1.29 is 4.79 Å². The smallest absolute Gasteiger partial charge is 0.269 e. The topological polar surface area (TPSA) is 56.9 Å². The highest BCUT2D eigenvalue weighted by Gasteiger charge is 2.28. The second kappa shape index (κ2) is 7.07. The molecule has 1 aliphatic heterocycles. The van der Waals surface area contributed by atoms with Crippen molar-refractivity contribution in [1.29, 1.82) is 0 Å². The molecule has 1 aliphatic rings. The van der Waals surface area contributed by atoms with Gasteiger partial charge in [-0.25, -0.2) is 0 Å². The fourth-order valence-corrected chi connectivity index (χ4v) is 3.67. The number of halogens is 2. The molecule has 1 saturated heterocycles. The van der Waals surface area contributed by atoms with Gasteiger partial charge in [-0.3, -0.25) is 4.79 Å². The van der Waals surface area contributed by atoms with Crippen molar-refractivity contribution in [2.45, 2.75) is 19.4 Å². The molecule has 2 atom stereocenters. The Balaban J connectivity index is 2.07. The molecule has 2 heterocycles. The Hall–Kier alpha value is -0.360. The van der Waals surface area contributed by atoms with Gasteiger partial charge in [0.1, 0.15) is 5.69 Å². The van der Waals surface area contributed by atoms with E-state index in [0.717, 1.165) is 25.3 Å². The highest BCUT2D eigenvalue weighted by molar-refractivity contribution is 7.98. The average Bonchev–Trinajstić information content (AvgIpc) is 2.69.